The van der Waals surface area contributed by atoms with Crippen molar-refractivity contribution < 1.29 is 18.3 Å². The van der Waals surface area contributed by atoms with Crippen molar-refractivity contribution in [3.05, 3.63) is 0 Å². The molecule has 2 unspecified atom stereocenters. The number of aliphatic carboxylic acids is 1. The largest absolute Gasteiger partial charge is 0.481 e. The molecule has 1 aliphatic carbocycles. The van der Waals surface area contributed by atoms with Crippen molar-refractivity contribution in [1.82, 2.24) is 9.03 Å². The van der Waals surface area contributed by atoms with E-state index in [9.17, 15) is 13.2 Å². The molecular weight excluding hydrogens is 268 g/mol. The Morgan fingerprint density at radius 3 is 2.47 bits per heavy atom. The number of nitrogens with one attached hydrogen (secondary N) is 1. The van der Waals surface area contributed by atoms with Gasteiger partial charge in [0.15, 0.2) is 0 Å². The number of carbonyl (C=O) groups is 1. The Bertz CT molecular complexity index is 408. The summed E-state index contributed by atoms with van der Waals surface area (Å²) in [4.78, 5) is 11.1. The Balaban J connectivity index is 2.62. The molecule has 1 fully saturated rings. The van der Waals surface area contributed by atoms with E-state index in [4.69, 9.17) is 5.11 Å². The van der Waals surface area contributed by atoms with Crippen molar-refractivity contribution in [3.63, 3.8) is 0 Å². The smallest absolute Gasteiger partial charge is 0.306 e. The number of carboxylic acids is 1. The first-order chi connectivity index (χ1) is 8.75. The van der Waals surface area contributed by atoms with Crippen LogP contribution < -0.4 is 4.72 Å². The fourth-order valence-corrected chi connectivity index (χ4v) is 3.55. The second-order valence-corrected chi connectivity index (χ2v) is 7.27. The van der Waals surface area contributed by atoms with Gasteiger partial charge in [0.25, 0.3) is 10.2 Å². The van der Waals surface area contributed by atoms with Gasteiger partial charge in [-0.2, -0.15) is 12.7 Å². The normalized spacial score (nSPS) is 24.9. The van der Waals surface area contributed by atoms with Crippen LogP contribution in [0.25, 0.3) is 0 Å². The molecule has 112 valence electrons. The zero-order valence-electron chi connectivity index (χ0n) is 11.8. The molecule has 2 atom stereocenters. The quantitative estimate of drug-likeness (QED) is 0.766. The van der Waals surface area contributed by atoms with E-state index in [0.29, 0.717) is 6.42 Å². The summed E-state index contributed by atoms with van der Waals surface area (Å²) in [5, 5.41) is 9.15. The van der Waals surface area contributed by atoms with Crippen molar-refractivity contribution in [2.24, 2.45) is 11.8 Å². The lowest BCUT2D eigenvalue weighted by atomic mass is 9.79. The van der Waals surface area contributed by atoms with Gasteiger partial charge >= 0.3 is 5.97 Å². The maximum Gasteiger partial charge on any atom is 0.306 e. The van der Waals surface area contributed by atoms with Crippen molar-refractivity contribution in [3.8, 4) is 0 Å². The third-order valence-electron chi connectivity index (χ3n) is 3.86. The number of hydrogen-bond donors (Lipinski definition) is 2. The van der Waals surface area contributed by atoms with Gasteiger partial charge in [-0.3, -0.25) is 4.79 Å². The molecule has 1 rings (SSSR count). The van der Waals surface area contributed by atoms with Crippen molar-refractivity contribution in [1.29, 1.82) is 0 Å². The molecule has 0 saturated heterocycles. The van der Waals surface area contributed by atoms with E-state index < -0.39 is 22.1 Å². The summed E-state index contributed by atoms with van der Waals surface area (Å²) in [6, 6.07) is -0.126. The molecule has 0 aromatic carbocycles. The van der Waals surface area contributed by atoms with Gasteiger partial charge in [-0.1, -0.05) is 12.8 Å². The molecule has 1 saturated carbocycles. The zero-order valence-corrected chi connectivity index (χ0v) is 12.6. The third-order valence-corrected chi connectivity index (χ3v) is 5.57. The van der Waals surface area contributed by atoms with Crippen LogP contribution in [0.1, 0.15) is 39.5 Å². The van der Waals surface area contributed by atoms with Gasteiger partial charge in [0.2, 0.25) is 0 Å². The summed E-state index contributed by atoms with van der Waals surface area (Å²) in [6.45, 7) is 3.79. The molecule has 0 bridgehead atoms. The van der Waals surface area contributed by atoms with Crippen LogP contribution in [-0.4, -0.2) is 43.4 Å². The van der Waals surface area contributed by atoms with Crippen LogP contribution in [0, 0.1) is 11.8 Å². The molecule has 0 radical (unpaired) electrons. The Morgan fingerprint density at radius 2 is 1.95 bits per heavy atom. The predicted molar refractivity (Wildman–Crippen MR) is 72.9 cm³/mol. The number of rotatable bonds is 6. The standard InChI is InChI=1S/C12H24N2O4S/c1-9(2)14(3)19(17,18)13-8-10-6-4-5-7-11(10)12(15)16/h9-11,13H,4-8H2,1-3H3,(H,15,16). The van der Waals surface area contributed by atoms with Crippen LogP contribution in [0.4, 0.5) is 0 Å². The Hall–Kier alpha value is -0.660. The summed E-state index contributed by atoms with van der Waals surface area (Å²) in [7, 11) is -2.00. The van der Waals surface area contributed by atoms with E-state index in [1.807, 2.05) is 0 Å². The Morgan fingerprint density at radius 1 is 1.37 bits per heavy atom. The van der Waals surface area contributed by atoms with Crippen LogP contribution in [0.15, 0.2) is 0 Å². The lowest BCUT2D eigenvalue weighted by Crippen LogP contribution is -2.45. The highest BCUT2D eigenvalue weighted by Gasteiger charge is 2.32. The first-order valence-corrected chi connectivity index (χ1v) is 8.15. The summed E-state index contributed by atoms with van der Waals surface area (Å²) in [5.74, 6) is -1.36. The molecular formula is C12H24N2O4S. The summed E-state index contributed by atoms with van der Waals surface area (Å²) < 4.78 is 27.7. The lowest BCUT2D eigenvalue weighted by Gasteiger charge is -2.29. The van der Waals surface area contributed by atoms with Gasteiger partial charge in [-0.15, -0.1) is 0 Å². The highest BCUT2D eigenvalue weighted by atomic mass is 32.2. The van der Waals surface area contributed by atoms with E-state index in [2.05, 4.69) is 4.72 Å². The van der Waals surface area contributed by atoms with Crippen LogP contribution in [0.2, 0.25) is 0 Å². The second-order valence-electron chi connectivity index (χ2n) is 5.45. The maximum atomic E-state index is 12.0. The van der Waals surface area contributed by atoms with Gasteiger partial charge < -0.3 is 5.11 Å². The summed E-state index contributed by atoms with van der Waals surface area (Å²) >= 11 is 0. The van der Waals surface area contributed by atoms with E-state index in [0.717, 1.165) is 19.3 Å². The van der Waals surface area contributed by atoms with E-state index >= 15 is 0 Å². The van der Waals surface area contributed by atoms with Crippen molar-refractivity contribution in [2.75, 3.05) is 13.6 Å². The number of nitrogens with zero attached hydrogens (tertiary/aromatic N) is 1. The maximum absolute atomic E-state index is 12.0. The van der Waals surface area contributed by atoms with E-state index in [-0.39, 0.29) is 18.5 Å². The lowest BCUT2D eigenvalue weighted by molar-refractivity contribution is -0.144. The number of hydrogen-bond acceptors (Lipinski definition) is 3. The zero-order chi connectivity index (χ0) is 14.6. The van der Waals surface area contributed by atoms with Crippen molar-refractivity contribution in [2.45, 2.75) is 45.6 Å². The van der Waals surface area contributed by atoms with Crippen LogP contribution in [0.5, 0.6) is 0 Å². The third kappa shape index (κ3) is 4.43. The average molecular weight is 292 g/mol. The molecule has 2 N–H and O–H groups in total. The monoisotopic (exact) mass is 292 g/mol. The van der Waals surface area contributed by atoms with Gasteiger partial charge in [0.05, 0.1) is 5.92 Å². The van der Waals surface area contributed by atoms with Gasteiger partial charge in [0, 0.05) is 19.6 Å². The Labute approximate surface area is 115 Å². The average Bonchev–Trinajstić information content (AvgIpc) is 2.35. The minimum absolute atomic E-state index is 0.110. The summed E-state index contributed by atoms with van der Waals surface area (Å²) in [6.07, 6.45) is 3.29. The molecule has 0 aromatic heterocycles. The summed E-state index contributed by atoms with van der Waals surface area (Å²) in [5.41, 5.74) is 0. The van der Waals surface area contributed by atoms with Crippen LogP contribution >= 0.6 is 0 Å². The molecule has 19 heavy (non-hydrogen) atoms. The molecule has 7 heteroatoms. The van der Waals surface area contributed by atoms with Gasteiger partial charge in [-0.25, -0.2) is 4.72 Å². The first-order valence-electron chi connectivity index (χ1n) is 6.71. The molecule has 1 aliphatic rings. The Kier molecular flexibility index (Phi) is 5.76. The number of carboxylic acid groups (broad SMARTS) is 1. The molecule has 6 nitrogen and oxygen atoms in total. The highest BCUT2D eigenvalue weighted by molar-refractivity contribution is 7.87. The molecule has 0 aromatic rings. The van der Waals surface area contributed by atoms with Crippen LogP contribution in [0.3, 0.4) is 0 Å². The van der Waals surface area contributed by atoms with E-state index in [1.54, 1.807) is 13.8 Å². The topological polar surface area (TPSA) is 86.7 Å². The molecule has 0 aliphatic heterocycles. The fourth-order valence-electron chi connectivity index (χ4n) is 2.37. The second kappa shape index (κ2) is 6.67. The van der Waals surface area contributed by atoms with Gasteiger partial charge in [0.1, 0.15) is 0 Å². The van der Waals surface area contributed by atoms with Gasteiger partial charge in [-0.05, 0) is 32.6 Å². The minimum atomic E-state index is -3.52. The first kappa shape index (κ1) is 16.4. The van der Waals surface area contributed by atoms with Crippen molar-refractivity contribution >= 4 is 16.2 Å². The molecule has 0 spiro atoms. The molecule has 0 amide bonds. The fraction of sp³-hybridized carbons (Fsp3) is 0.917. The van der Waals surface area contributed by atoms with E-state index in [1.165, 1.54) is 11.4 Å². The predicted octanol–water partition coefficient (Wildman–Crippen LogP) is 1.05. The highest BCUT2D eigenvalue weighted by Crippen LogP contribution is 2.29. The molecule has 0 heterocycles. The van der Waals surface area contributed by atoms with Crippen LogP contribution in [-0.2, 0) is 15.0 Å². The minimum Gasteiger partial charge on any atom is -0.481 e. The SMILES string of the molecule is CC(C)N(C)S(=O)(=O)NCC1CCCCC1C(=O)O.